The van der Waals surface area contributed by atoms with Crippen molar-refractivity contribution in [2.75, 3.05) is 13.1 Å². The van der Waals surface area contributed by atoms with E-state index in [1.165, 1.54) is 10.8 Å². The molecule has 0 unspecified atom stereocenters. The summed E-state index contributed by atoms with van der Waals surface area (Å²) in [6, 6.07) is 14.5. The molecule has 0 aliphatic carbocycles. The van der Waals surface area contributed by atoms with Gasteiger partial charge in [-0.15, -0.1) is 0 Å². The number of hydrogen-bond acceptors (Lipinski definition) is 3. The summed E-state index contributed by atoms with van der Waals surface area (Å²) in [7, 11) is 0. The number of amides is 1. The van der Waals surface area contributed by atoms with Gasteiger partial charge in [0.25, 0.3) is 0 Å². The topological polar surface area (TPSA) is 50.2 Å². The van der Waals surface area contributed by atoms with Crippen LogP contribution in [0.5, 0.6) is 0 Å². The number of carbonyl (C=O) groups is 1. The zero-order valence-corrected chi connectivity index (χ0v) is 14.4. The lowest BCUT2D eigenvalue weighted by Crippen LogP contribution is -2.41. The van der Waals surface area contributed by atoms with E-state index in [2.05, 4.69) is 44.0 Å². The predicted octanol–water partition coefficient (Wildman–Crippen LogP) is 2.73. The van der Waals surface area contributed by atoms with Crippen molar-refractivity contribution in [2.45, 2.75) is 26.1 Å². The first kappa shape index (κ1) is 15.8. The number of hydrogen-bond donors (Lipinski definition) is 1. The summed E-state index contributed by atoms with van der Waals surface area (Å²) in [5.74, 6) is 1.08. The van der Waals surface area contributed by atoms with Gasteiger partial charge in [0.05, 0.1) is 19.1 Å². The van der Waals surface area contributed by atoms with Crippen LogP contribution in [0.3, 0.4) is 0 Å². The lowest BCUT2D eigenvalue weighted by Gasteiger charge is -2.27. The molecule has 1 aliphatic rings. The summed E-state index contributed by atoms with van der Waals surface area (Å²) in [6.07, 6.45) is 3.82. The van der Waals surface area contributed by atoms with Crippen LogP contribution in [-0.2, 0) is 17.9 Å². The summed E-state index contributed by atoms with van der Waals surface area (Å²) >= 11 is 0. The van der Waals surface area contributed by atoms with Gasteiger partial charge in [-0.25, -0.2) is 4.98 Å². The van der Waals surface area contributed by atoms with E-state index in [0.29, 0.717) is 6.54 Å². The van der Waals surface area contributed by atoms with Crippen LogP contribution in [0.15, 0.2) is 54.9 Å². The van der Waals surface area contributed by atoms with E-state index in [9.17, 15) is 4.79 Å². The monoisotopic (exact) mass is 334 g/mol. The maximum atomic E-state index is 12.5. The number of fused-ring (bicyclic) bond motifs is 2. The first-order valence-corrected chi connectivity index (χ1v) is 8.70. The Kier molecular flexibility index (Phi) is 4.24. The predicted molar refractivity (Wildman–Crippen MR) is 98.0 cm³/mol. The molecule has 5 nitrogen and oxygen atoms in total. The van der Waals surface area contributed by atoms with Gasteiger partial charge in [0.2, 0.25) is 5.91 Å². The van der Waals surface area contributed by atoms with Gasteiger partial charge >= 0.3 is 0 Å². The van der Waals surface area contributed by atoms with Crippen LogP contribution in [0.25, 0.3) is 10.8 Å². The first-order chi connectivity index (χ1) is 12.2. The molecule has 0 fully saturated rings. The molecule has 5 heteroatoms. The van der Waals surface area contributed by atoms with Crippen molar-refractivity contribution < 1.29 is 4.79 Å². The minimum atomic E-state index is -0.0228. The minimum absolute atomic E-state index is 0.0228. The SMILES string of the molecule is C[C@@H](NC(=O)CN1CCn2ccnc2C1)c1cccc2ccccc12. The fraction of sp³-hybridized carbons (Fsp3) is 0.300. The molecular formula is C20H22N4O. The van der Waals surface area contributed by atoms with Crippen LogP contribution in [0, 0.1) is 0 Å². The molecule has 1 atom stereocenters. The summed E-state index contributed by atoms with van der Waals surface area (Å²) < 4.78 is 2.15. The van der Waals surface area contributed by atoms with Crippen molar-refractivity contribution in [1.29, 1.82) is 0 Å². The van der Waals surface area contributed by atoms with Gasteiger partial charge in [-0.05, 0) is 23.3 Å². The quantitative estimate of drug-likeness (QED) is 0.798. The zero-order chi connectivity index (χ0) is 17.2. The Morgan fingerprint density at radius 1 is 1.20 bits per heavy atom. The van der Waals surface area contributed by atoms with E-state index < -0.39 is 0 Å². The summed E-state index contributed by atoms with van der Waals surface area (Å²) in [5.41, 5.74) is 1.15. The van der Waals surface area contributed by atoms with Gasteiger partial charge < -0.3 is 9.88 Å². The Morgan fingerprint density at radius 2 is 2.04 bits per heavy atom. The first-order valence-electron chi connectivity index (χ1n) is 8.70. The van der Waals surface area contributed by atoms with Gasteiger partial charge in [0, 0.05) is 25.5 Å². The average molecular weight is 334 g/mol. The highest BCUT2D eigenvalue weighted by Crippen LogP contribution is 2.24. The van der Waals surface area contributed by atoms with E-state index >= 15 is 0 Å². The molecule has 1 aromatic heterocycles. The largest absolute Gasteiger partial charge is 0.348 e. The summed E-state index contributed by atoms with van der Waals surface area (Å²) in [4.78, 5) is 19.0. The van der Waals surface area contributed by atoms with Gasteiger partial charge in [0.1, 0.15) is 5.82 Å². The molecule has 4 rings (SSSR count). The van der Waals surface area contributed by atoms with Crippen LogP contribution in [-0.4, -0.2) is 33.4 Å². The lowest BCUT2D eigenvalue weighted by atomic mass is 10.00. The molecule has 1 N–H and O–H groups in total. The zero-order valence-electron chi connectivity index (χ0n) is 14.4. The molecule has 3 aromatic rings. The lowest BCUT2D eigenvalue weighted by molar-refractivity contribution is -0.123. The van der Waals surface area contributed by atoms with Crippen LogP contribution < -0.4 is 5.32 Å². The molecule has 0 saturated heterocycles. The smallest absolute Gasteiger partial charge is 0.234 e. The van der Waals surface area contributed by atoms with Crippen molar-refractivity contribution in [3.05, 3.63) is 66.2 Å². The van der Waals surface area contributed by atoms with Gasteiger partial charge in [-0.2, -0.15) is 0 Å². The van der Waals surface area contributed by atoms with E-state index in [4.69, 9.17) is 0 Å². The Balaban J connectivity index is 1.42. The Morgan fingerprint density at radius 3 is 2.96 bits per heavy atom. The third-order valence-corrected chi connectivity index (χ3v) is 4.86. The van der Waals surface area contributed by atoms with E-state index in [-0.39, 0.29) is 11.9 Å². The average Bonchev–Trinajstić information content (AvgIpc) is 3.08. The second-order valence-electron chi connectivity index (χ2n) is 6.61. The third-order valence-electron chi connectivity index (χ3n) is 4.86. The number of nitrogens with one attached hydrogen (secondary N) is 1. The summed E-state index contributed by atoms with van der Waals surface area (Å²) in [6.45, 7) is 4.94. The number of rotatable bonds is 4. The molecule has 1 aliphatic heterocycles. The number of aromatic nitrogens is 2. The van der Waals surface area contributed by atoms with Crippen molar-refractivity contribution in [1.82, 2.24) is 19.8 Å². The van der Waals surface area contributed by atoms with Crippen LogP contribution >= 0.6 is 0 Å². The molecule has 2 heterocycles. The van der Waals surface area contributed by atoms with Crippen LogP contribution in [0.1, 0.15) is 24.4 Å². The maximum Gasteiger partial charge on any atom is 0.234 e. The number of imidazole rings is 1. The molecule has 0 spiro atoms. The molecule has 25 heavy (non-hydrogen) atoms. The molecule has 1 amide bonds. The highest BCUT2D eigenvalue weighted by Gasteiger charge is 2.20. The Hall–Kier alpha value is -2.66. The molecule has 0 saturated carbocycles. The van der Waals surface area contributed by atoms with Gasteiger partial charge in [-0.1, -0.05) is 42.5 Å². The number of nitrogens with zero attached hydrogens (tertiary/aromatic N) is 3. The maximum absolute atomic E-state index is 12.5. The highest BCUT2D eigenvalue weighted by atomic mass is 16.2. The summed E-state index contributed by atoms with van der Waals surface area (Å²) in [5, 5.41) is 5.54. The number of carbonyl (C=O) groups excluding carboxylic acids is 1. The fourth-order valence-electron chi connectivity index (χ4n) is 3.55. The van der Waals surface area contributed by atoms with Crippen molar-refractivity contribution >= 4 is 16.7 Å². The second kappa shape index (κ2) is 6.69. The Bertz CT molecular complexity index is 896. The minimum Gasteiger partial charge on any atom is -0.348 e. The van der Waals surface area contributed by atoms with Crippen molar-refractivity contribution in [2.24, 2.45) is 0 Å². The molecular weight excluding hydrogens is 312 g/mol. The standard InChI is InChI=1S/C20H22N4O/c1-15(17-8-4-6-16-5-2-3-7-18(16)17)22-20(25)14-23-11-12-24-10-9-21-19(24)13-23/h2-10,15H,11-14H2,1H3,(H,22,25)/t15-/m1/s1. The fourth-order valence-corrected chi connectivity index (χ4v) is 3.55. The van der Waals surface area contributed by atoms with E-state index in [1.807, 2.05) is 37.5 Å². The van der Waals surface area contributed by atoms with E-state index in [0.717, 1.165) is 31.0 Å². The second-order valence-corrected chi connectivity index (χ2v) is 6.61. The molecule has 0 bridgehead atoms. The van der Waals surface area contributed by atoms with E-state index in [1.54, 1.807) is 0 Å². The van der Waals surface area contributed by atoms with Gasteiger partial charge in [-0.3, -0.25) is 9.69 Å². The molecule has 2 aromatic carbocycles. The number of benzene rings is 2. The van der Waals surface area contributed by atoms with Crippen molar-refractivity contribution in [3.8, 4) is 0 Å². The Labute approximate surface area is 147 Å². The molecule has 128 valence electrons. The molecule has 0 radical (unpaired) electrons. The van der Waals surface area contributed by atoms with Gasteiger partial charge in [0.15, 0.2) is 0 Å². The highest BCUT2D eigenvalue weighted by molar-refractivity contribution is 5.87. The van der Waals surface area contributed by atoms with Crippen molar-refractivity contribution in [3.63, 3.8) is 0 Å². The third kappa shape index (κ3) is 3.28. The normalized spacial score (nSPS) is 15.7. The van der Waals surface area contributed by atoms with Crippen LogP contribution in [0.2, 0.25) is 0 Å². The van der Waals surface area contributed by atoms with Crippen LogP contribution in [0.4, 0.5) is 0 Å².